The summed E-state index contributed by atoms with van der Waals surface area (Å²) in [6.07, 6.45) is 0. The Morgan fingerprint density at radius 3 is 2.59 bits per heavy atom. The molecule has 8 nitrogen and oxygen atoms in total. The SMILES string of the molecule is CCOc1ccc(CN(C)C(=O)CSc2nnc(N3CCOCC3)n2CC)cc1. The van der Waals surface area contributed by atoms with Crippen molar-refractivity contribution >= 4 is 23.6 Å². The highest BCUT2D eigenvalue weighted by Gasteiger charge is 2.20. The van der Waals surface area contributed by atoms with Gasteiger partial charge in [0.25, 0.3) is 0 Å². The van der Waals surface area contributed by atoms with Gasteiger partial charge in [-0.15, -0.1) is 10.2 Å². The largest absolute Gasteiger partial charge is 0.494 e. The first-order valence-corrected chi connectivity index (χ1v) is 10.9. The second-order valence-electron chi connectivity index (χ2n) is 6.74. The van der Waals surface area contributed by atoms with Gasteiger partial charge in [-0.1, -0.05) is 23.9 Å². The highest BCUT2D eigenvalue weighted by molar-refractivity contribution is 7.99. The zero-order chi connectivity index (χ0) is 20.6. The molecule has 2 aromatic rings. The van der Waals surface area contributed by atoms with Crippen LogP contribution in [0, 0.1) is 0 Å². The predicted octanol–water partition coefficient (Wildman–Crippen LogP) is 2.28. The summed E-state index contributed by atoms with van der Waals surface area (Å²) in [7, 11) is 1.82. The number of benzene rings is 1. The number of hydrogen-bond acceptors (Lipinski definition) is 7. The van der Waals surface area contributed by atoms with Crippen molar-refractivity contribution in [3.63, 3.8) is 0 Å². The Balaban J connectivity index is 1.54. The van der Waals surface area contributed by atoms with Crippen LogP contribution >= 0.6 is 11.8 Å². The van der Waals surface area contributed by atoms with Crippen molar-refractivity contribution in [1.29, 1.82) is 0 Å². The average Bonchev–Trinajstić information content (AvgIpc) is 3.17. The van der Waals surface area contributed by atoms with Gasteiger partial charge in [-0.3, -0.25) is 9.36 Å². The number of nitrogens with zero attached hydrogens (tertiary/aromatic N) is 5. The normalized spacial score (nSPS) is 14.1. The summed E-state index contributed by atoms with van der Waals surface area (Å²) in [4.78, 5) is 16.5. The molecule has 0 aliphatic carbocycles. The van der Waals surface area contributed by atoms with Gasteiger partial charge < -0.3 is 19.3 Å². The smallest absolute Gasteiger partial charge is 0.233 e. The third kappa shape index (κ3) is 5.63. The Morgan fingerprint density at radius 2 is 1.93 bits per heavy atom. The lowest BCUT2D eigenvalue weighted by molar-refractivity contribution is -0.127. The van der Waals surface area contributed by atoms with Crippen LogP contribution in [0.4, 0.5) is 5.95 Å². The van der Waals surface area contributed by atoms with E-state index in [1.165, 1.54) is 11.8 Å². The molecule has 1 aliphatic heterocycles. The number of morpholine rings is 1. The predicted molar refractivity (Wildman–Crippen MR) is 114 cm³/mol. The monoisotopic (exact) mass is 419 g/mol. The van der Waals surface area contributed by atoms with E-state index in [1.807, 2.05) is 38.2 Å². The fourth-order valence-electron chi connectivity index (χ4n) is 3.12. The molecule has 1 amide bonds. The Hall–Kier alpha value is -2.26. The van der Waals surface area contributed by atoms with Crippen molar-refractivity contribution in [2.75, 3.05) is 50.6 Å². The highest BCUT2D eigenvalue weighted by Crippen LogP contribution is 2.23. The van der Waals surface area contributed by atoms with E-state index in [9.17, 15) is 4.79 Å². The number of anilines is 1. The van der Waals surface area contributed by atoms with E-state index in [4.69, 9.17) is 9.47 Å². The molecule has 1 fully saturated rings. The van der Waals surface area contributed by atoms with Gasteiger partial charge in [0, 0.05) is 33.2 Å². The van der Waals surface area contributed by atoms with Gasteiger partial charge in [-0.2, -0.15) is 0 Å². The third-order valence-corrected chi connectivity index (χ3v) is 5.66. The minimum atomic E-state index is 0.0578. The van der Waals surface area contributed by atoms with Crippen molar-refractivity contribution in [2.45, 2.75) is 32.1 Å². The Labute approximate surface area is 176 Å². The van der Waals surface area contributed by atoms with Crippen molar-refractivity contribution in [3.05, 3.63) is 29.8 Å². The summed E-state index contributed by atoms with van der Waals surface area (Å²) in [5.41, 5.74) is 1.07. The zero-order valence-electron chi connectivity index (χ0n) is 17.3. The minimum absolute atomic E-state index is 0.0578. The lowest BCUT2D eigenvalue weighted by Gasteiger charge is -2.27. The average molecular weight is 420 g/mol. The van der Waals surface area contributed by atoms with Crippen molar-refractivity contribution in [2.24, 2.45) is 0 Å². The van der Waals surface area contributed by atoms with Gasteiger partial charge in [0.1, 0.15) is 5.75 Å². The second kappa shape index (κ2) is 10.5. The Kier molecular flexibility index (Phi) is 7.76. The molecule has 2 heterocycles. The van der Waals surface area contributed by atoms with E-state index in [0.717, 1.165) is 42.1 Å². The van der Waals surface area contributed by atoms with Crippen LogP contribution in [-0.2, 0) is 22.6 Å². The van der Waals surface area contributed by atoms with Crippen molar-refractivity contribution in [1.82, 2.24) is 19.7 Å². The van der Waals surface area contributed by atoms with E-state index in [0.29, 0.717) is 32.1 Å². The van der Waals surface area contributed by atoms with Gasteiger partial charge in [-0.25, -0.2) is 0 Å². The van der Waals surface area contributed by atoms with Gasteiger partial charge in [0.15, 0.2) is 5.16 Å². The van der Waals surface area contributed by atoms with Gasteiger partial charge in [0.2, 0.25) is 11.9 Å². The number of rotatable bonds is 9. The molecule has 1 aromatic heterocycles. The summed E-state index contributed by atoms with van der Waals surface area (Å²) in [6, 6.07) is 7.85. The molecule has 9 heteroatoms. The number of thioether (sulfide) groups is 1. The third-order valence-electron chi connectivity index (χ3n) is 4.71. The number of ether oxygens (including phenoxy) is 2. The van der Waals surface area contributed by atoms with Gasteiger partial charge in [0.05, 0.1) is 25.6 Å². The van der Waals surface area contributed by atoms with E-state index in [1.54, 1.807) is 4.90 Å². The molecule has 29 heavy (non-hydrogen) atoms. The van der Waals surface area contributed by atoms with Crippen LogP contribution < -0.4 is 9.64 Å². The maximum Gasteiger partial charge on any atom is 0.233 e. The minimum Gasteiger partial charge on any atom is -0.494 e. The number of carbonyl (C=O) groups is 1. The molecule has 0 bridgehead atoms. The number of carbonyl (C=O) groups excluding carboxylic acids is 1. The maximum atomic E-state index is 12.6. The summed E-state index contributed by atoms with van der Waals surface area (Å²) in [6.45, 7) is 9.02. The van der Waals surface area contributed by atoms with Crippen LogP contribution in [0.25, 0.3) is 0 Å². The van der Waals surface area contributed by atoms with E-state index in [-0.39, 0.29) is 5.91 Å². The lowest BCUT2D eigenvalue weighted by Crippen LogP contribution is -2.38. The quantitative estimate of drug-likeness (QED) is 0.578. The Bertz CT molecular complexity index is 790. The Morgan fingerprint density at radius 1 is 1.21 bits per heavy atom. The zero-order valence-corrected chi connectivity index (χ0v) is 18.2. The van der Waals surface area contributed by atoms with E-state index >= 15 is 0 Å². The van der Waals surface area contributed by atoms with Crippen molar-refractivity contribution in [3.8, 4) is 5.75 Å². The molecular formula is C20H29N5O3S. The van der Waals surface area contributed by atoms with Crippen molar-refractivity contribution < 1.29 is 14.3 Å². The molecule has 1 aliphatic rings. The number of aromatic nitrogens is 3. The summed E-state index contributed by atoms with van der Waals surface area (Å²) in [5, 5.41) is 9.44. The van der Waals surface area contributed by atoms with Crippen LogP contribution in [-0.4, -0.2) is 71.3 Å². The summed E-state index contributed by atoms with van der Waals surface area (Å²) >= 11 is 1.43. The van der Waals surface area contributed by atoms with Crippen LogP contribution in [0.5, 0.6) is 5.75 Å². The van der Waals surface area contributed by atoms with Crippen LogP contribution in [0.1, 0.15) is 19.4 Å². The first-order chi connectivity index (χ1) is 14.1. The molecule has 1 saturated heterocycles. The number of hydrogen-bond donors (Lipinski definition) is 0. The van der Waals surface area contributed by atoms with E-state index in [2.05, 4.69) is 26.6 Å². The van der Waals surface area contributed by atoms with Gasteiger partial charge in [-0.05, 0) is 31.5 Å². The molecule has 3 rings (SSSR count). The first-order valence-electron chi connectivity index (χ1n) is 9.96. The molecule has 1 aromatic carbocycles. The lowest BCUT2D eigenvalue weighted by atomic mass is 10.2. The topological polar surface area (TPSA) is 72.7 Å². The van der Waals surface area contributed by atoms with Gasteiger partial charge >= 0.3 is 0 Å². The maximum absolute atomic E-state index is 12.6. The first kappa shape index (κ1) is 21.4. The van der Waals surface area contributed by atoms with Crippen LogP contribution in [0.3, 0.4) is 0 Å². The highest BCUT2D eigenvalue weighted by atomic mass is 32.2. The molecule has 0 saturated carbocycles. The van der Waals surface area contributed by atoms with Crippen LogP contribution in [0.15, 0.2) is 29.4 Å². The molecule has 0 unspecified atom stereocenters. The number of amides is 1. The molecule has 0 atom stereocenters. The van der Waals surface area contributed by atoms with E-state index < -0.39 is 0 Å². The summed E-state index contributed by atoms with van der Waals surface area (Å²) in [5.74, 6) is 2.08. The molecular weight excluding hydrogens is 390 g/mol. The fourth-order valence-corrected chi connectivity index (χ4v) is 4.06. The standard InChI is InChI=1S/C20H29N5O3S/c1-4-25-19(24-10-12-27-13-11-24)21-22-20(25)29-15-18(26)23(3)14-16-6-8-17(9-7-16)28-5-2/h6-9H,4-5,10-15H2,1-3H3. The molecule has 0 N–H and O–H groups in total. The molecule has 0 radical (unpaired) electrons. The van der Waals surface area contributed by atoms with Crippen LogP contribution in [0.2, 0.25) is 0 Å². The fraction of sp³-hybridized carbons (Fsp3) is 0.550. The summed E-state index contributed by atoms with van der Waals surface area (Å²) < 4.78 is 12.9. The second-order valence-corrected chi connectivity index (χ2v) is 7.68. The molecule has 0 spiro atoms. The molecule has 158 valence electrons.